The molecular formula is C12H15N3O4S. The van der Waals surface area contributed by atoms with Gasteiger partial charge in [-0.3, -0.25) is 4.79 Å². The Bertz CT molecular complexity index is 636. The van der Waals surface area contributed by atoms with Gasteiger partial charge < -0.3 is 19.8 Å². The normalized spacial score (nSPS) is 32.4. The first-order valence-corrected chi connectivity index (χ1v) is 6.80. The van der Waals surface area contributed by atoms with Crippen molar-refractivity contribution in [2.24, 2.45) is 5.92 Å². The molecule has 1 aromatic rings. The van der Waals surface area contributed by atoms with E-state index in [0.717, 1.165) is 4.57 Å². The number of hydrogen-bond donors (Lipinski definition) is 2. The molecule has 0 radical (unpaired) electrons. The number of nitrogens with zero attached hydrogens (tertiary/aromatic N) is 1. The first-order chi connectivity index (χ1) is 9.47. The number of rotatable bonds is 1. The molecule has 2 unspecified atom stereocenters. The monoisotopic (exact) mass is 297 g/mol. The van der Waals surface area contributed by atoms with E-state index in [1.807, 2.05) is 6.92 Å². The molecule has 1 aromatic heterocycles. The standard InChI is InChI=1S/C12H15N3O4S/c1-5-3-8(16)15(11(17)14-5)10-9-7(6(2)18-10)4-13-12(20)19-9/h3,6-7,9-10H,4H2,1-2H3,(H,13,20)(H,14,17)/t6-,7?,9?,10-/m1/s1. The number of thiocarbonyl (C=S) groups is 1. The van der Waals surface area contributed by atoms with Crippen LogP contribution in [0, 0.1) is 12.8 Å². The largest absolute Gasteiger partial charge is 0.462 e. The van der Waals surface area contributed by atoms with Gasteiger partial charge in [-0.1, -0.05) is 0 Å². The van der Waals surface area contributed by atoms with Crippen LogP contribution in [0.25, 0.3) is 0 Å². The minimum atomic E-state index is -0.758. The zero-order valence-electron chi connectivity index (χ0n) is 11.1. The third-order valence-corrected chi connectivity index (χ3v) is 3.98. The van der Waals surface area contributed by atoms with E-state index < -0.39 is 23.6 Å². The van der Waals surface area contributed by atoms with Crippen LogP contribution in [0.2, 0.25) is 0 Å². The summed E-state index contributed by atoms with van der Waals surface area (Å²) in [4.78, 5) is 26.7. The van der Waals surface area contributed by atoms with Gasteiger partial charge in [0.1, 0.15) is 0 Å². The summed E-state index contributed by atoms with van der Waals surface area (Å²) < 4.78 is 12.4. The highest BCUT2D eigenvalue weighted by Gasteiger charge is 2.48. The van der Waals surface area contributed by atoms with Gasteiger partial charge >= 0.3 is 5.69 Å². The summed E-state index contributed by atoms with van der Waals surface area (Å²) >= 11 is 5.00. The maximum absolute atomic E-state index is 12.1. The van der Waals surface area contributed by atoms with Gasteiger partial charge in [0.25, 0.3) is 10.7 Å². The molecule has 108 valence electrons. The molecule has 8 heteroatoms. The molecular weight excluding hydrogens is 282 g/mol. The van der Waals surface area contributed by atoms with Crippen molar-refractivity contribution >= 4 is 17.4 Å². The number of hydrogen-bond acceptors (Lipinski definition) is 5. The van der Waals surface area contributed by atoms with E-state index in [9.17, 15) is 9.59 Å². The molecule has 20 heavy (non-hydrogen) atoms. The molecule has 0 saturated carbocycles. The molecule has 4 atom stereocenters. The highest BCUT2D eigenvalue weighted by atomic mass is 32.1. The van der Waals surface area contributed by atoms with Crippen molar-refractivity contribution in [1.29, 1.82) is 0 Å². The molecule has 0 aliphatic carbocycles. The predicted molar refractivity (Wildman–Crippen MR) is 74.6 cm³/mol. The maximum Gasteiger partial charge on any atom is 0.330 e. The lowest BCUT2D eigenvalue weighted by Crippen LogP contribution is -2.49. The summed E-state index contributed by atoms with van der Waals surface area (Å²) in [6, 6.07) is 1.36. The van der Waals surface area contributed by atoms with Gasteiger partial charge in [-0.25, -0.2) is 9.36 Å². The van der Waals surface area contributed by atoms with Crippen LogP contribution in [-0.4, -0.2) is 33.5 Å². The Hall–Kier alpha value is -1.67. The van der Waals surface area contributed by atoms with Crippen molar-refractivity contribution in [1.82, 2.24) is 14.9 Å². The molecule has 3 heterocycles. The van der Waals surface area contributed by atoms with Crippen LogP contribution in [-0.2, 0) is 9.47 Å². The number of ether oxygens (including phenoxy) is 2. The molecule has 2 aliphatic heterocycles. The van der Waals surface area contributed by atoms with Crippen molar-refractivity contribution in [2.45, 2.75) is 32.3 Å². The van der Waals surface area contributed by atoms with Gasteiger partial charge in [-0.15, -0.1) is 0 Å². The lowest BCUT2D eigenvalue weighted by atomic mass is 9.98. The van der Waals surface area contributed by atoms with Crippen molar-refractivity contribution in [3.05, 3.63) is 32.6 Å². The quantitative estimate of drug-likeness (QED) is 0.689. The van der Waals surface area contributed by atoms with Crippen molar-refractivity contribution in [3.63, 3.8) is 0 Å². The van der Waals surface area contributed by atoms with Gasteiger partial charge in [0.2, 0.25) is 0 Å². The van der Waals surface area contributed by atoms with E-state index in [2.05, 4.69) is 10.3 Å². The predicted octanol–water partition coefficient (Wildman–Crippen LogP) is -0.348. The topological polar surface area (TPSA) is 85.3 Å². The molecule has 3 rings (SSSR count). The Morgan fingerprint density at radius 1 is 1.45 bits per heavy atom. The SMILES string of the molecule is Cc1cc(=O)n([C@@H]2O[C@H](C)C3CNC(=S)OC32)c(=O)[nH]1. The molecule has 0 bridgehead atoms. The fourth-order valence-corrected chi connectivity index (χ4v) is 2.93. The number of aromatic nitrogens is 2. The molecule has 0 spiro atoms. The second kappa shape index (κ2) is 4.71. The number of nitrogens with one attached hydrogen (secondary N) is 2. The van der Waals surface area contributed by atoms with Crippen LogP contribution in [0.1, 0.15) is 18.8 Å². The zero-order valence-corrected chi connectivity index (χ0v) is 11.9. The summed E-state index contributed by atoms with van der Waals surface area (Å²) in [7, 11) is 0. The minimum Gasteiger partial charge on any atom is -0.462 e. The second-order valence-electron chi connectivity index (χ2n) is 5.11. The van der Waals surface area contributed by atoms with Gasteiger partial charge in [-0.05, 0) is 26.1 Å². The molecule has 2 saturated heterocycles. The summed E-state index contributed by atoms with van der Waals surface area (Å²) in [6.07, 6.45) is -1.32. The Labute approximate surface area is 119 Å². The summed E-state index contributed by atoms with van der Waals surface area (Å²) in [5, 5.41) is 3.22. The van der Waals surface area contributed by atoms with Crippen LogP contribution >= 0.6 is 12.2 Å². The van der Waals surface area contributed by atoms with E-state index >= 15 is 0 Å². The Morgan fingerprint density at radius 2 is 2.20 bits per heavy atom. The van der Waals surface area contributed by atoms with E-state index in [0.29, 0.717) is 12.2 Å². The third kappa shape index (κ3) is 2.04. The molecule has 2 N–H and O–H groups in total. The zero-order chi connectivity index (χ0) is 14.4. The van der Waals surface area contributed by atoms with Gasteiger partial charge in [0.05, 0.1) is 6.10 Å². The van der Waals surface area contributed by atoms with E-state index in [4.69, 9.17) is 21.7 Å². The summed E-state index contributed by atoms with van der Waals surface area (Å²) in [6.45, 7) is 4.16. The van der Waals surface area contributed by atoms with E-state index in [1.54, 1.807) is 6.92 Å². The van der Waals surface area contributed by atoms with Gasteiger partial charge in [0, 0.05) is 24.2 Å². The highest BCUT2D eigenvalue weighted by molar-refractivity contribution is 7.80. The van der Waals surface area contributed by atoms with E-state index in [1.165, 1.54) is 6.07 Å². The number of aromatic amines is 1. The summed E-state index contributed by atoms with van der Waals surface area (Å²) in [5.74, 6) is 0.0410. The van der Waals surface area contributed by atoms with Gasteiger partial charge in [0.15, 0.2) is 12.3 Å². The minimum absolute atomic E-state index is 0.0410. The summed E-state index contributed by atoms with van der Waals surface area (Å²) in [5.41, 5.74) is -0.390. The van der Waals surface area contributed by atoms with Crippen molar-refractivity contribution in [3.8, 4) is 0 Å². The van der Waals surface area contributed by atoms with Crippen LogP contribution in [0.3, 0.4) is 0 Å². The lowest BCUT2D eigenvalue weighted by molar-refractivity contribution is -0.0332. The Morgan fingerprint density at radius 3 is 2.90 bits per heavy atom. The first kappa shape index (κ1) is 13.3. The fourth-order valence-electron chi connectivity index (χ4n) is 2.74. The van der Waals surface area contributed by atoms with Crippen molar-refractivity contribution < 1.29 is 9.47 Å². The van der Waals surface area contributed by atoms with Crippen LogP contribution in [0.15, 0.2) is 15.7 Å². The lowest BCUT2D eigenvalue weighted by Gasteiger charge is -2.30. The van der Waals surface area contributed by atoms with Crippen LogP contribution in [0.5, 0.6) is 0 Å². The number of fused-ring (bicyclic) bond motifs is 1. The number of H-pyrrole nitrogens is 1. The Balaban J connectivity index is 2.04. The average molecular weight is 297 g/mol. The Kier molecular flexibility index (Phi) is 3.14. The fraction of sp³-hybridized carbons (Fsp3) is 0.583. The van der Waals surface area contributed by atoms with Crippen LogP contribution in [0.4, 0.5) is 0 Å². The molecule has 7 nitrogen and oxygen atoms in total. The van der Waals surface area contributed by atoms with E-state index in [-0.39, 0.29) is 17.2 Å². The first-order valence-electron chi connectivity index (χ1n) is 6.40. The number of aryl methyl sites for hydroxylation is 1. The second-order valence-corrected chi connectivity index (χ2v) is 5.48. The molecule has 0 amide bonds. The van der Waals surface area contributed by atoms with Crippen molar-refractivity contribution in [2.75, 3.05) is 6.54 Å². The molecule has 2 fully saturated rings. The molecule has 0 aromatic carbocycles. The maximum atomic E-state index is 12.1. The smallest absolute Gasteiger partial charge is 0.330 e. The van der Waals surface area contributed by atoms with Crippen LogP contribution < -0.4 is 16.6 Å². The molecule has 2 aliphatic rings. The average Bonchev–Trinajstić information content (AvgIpc) is 2.65. The van der Waals surface area contributed by atoms with Gasteiger partial charge in [-0.2, -0.15) is 0 Å². The highest BCUT2D eigenvalue weighted by Crippen LogP contribution is 2.36. The third-order valence-electron chi connectivity index (χ3n) is 3.74.